The molecule has 1 saturated carbocycles. The molecule has 14 heavy (non-hydrogen) atoms. The van der Waals surface area contributed by atoms with Crippen LogP contribution in [0.1, 0.15) is 18.6 Å². The molecule has 4 nitrogen and oxygen atoms in total. The van der Waals surface area contributed by atoms with Crippen LogP contribution in [0.25, 0.3) is 0 Å². The molecule has 0 saturated heterocycles. The first-order valence-electron chi connectivity index (χ1n) is 4.24. The number of hydrogen-bond acceptors (Lipinski definition) is 4. The lowest BCUT2D eigenvalue weighted by Gasteiger charge is -2.03. The first kappa shape index (κ1) is 9.28. The largest absolute Gasteiger partial charge is 0.450 e. The average molecular weight is 211 g/mol. The number of sulfone groups is 1. The summed E-state index contributed by atoms with van der Waals surface area (Å²) in [5, 5.41) is 8.70. The van der Waals surface area contributed by atoms with Gasteiger partial charge < -0.3 is 4.42 Å². The van der Waals surface area contributed by atoms with Gasteiger partial charge in [0.15, 0.2) is 4.75 Å². The summed E-state index contributed by atoms with van der Waals surface area (Å²) >= 11 is 0. The molecule has 5 heteroatoms. The van der Waals surface area contributed by atoms with Crippen LogP contribution in [0.5, 0.6) is 0 Å². The minimum atomic E-state index is -3.58. The summed E-state index contributed by atoms with van der Waals surface area (Å²) < 4.78 is 27.5. The third-order valence-corrected chi connectivity index (χ3v) is 4.68. The molecule has 0 N–H and O–H groups in total. The van der Waals surface area contributed by atoms with E-state index < -0.39 is 14.6 Å². The zero-order valence-electron chi connectivity index (χ0n) is 7.65. The highest BCUT2D eigenvalue weighted by atomic mass is 32.2. The van der Waals surface area contributed by atoms with Crippen molar-refractivity contribution in [3.8, 4) is 6.07 Å². The fourth-order valence-corrected chi connectivity index (χ4v) is 2.94. The third kappa shape index (κ3) is 1.07. The molecule has 0 atom stereocenters. The van der Waals surface area contributed by atoms with Gasteiger partial charge in [-0.3, -0.25) is 0 Å². The molecule has 74 valence electrons. The van der Waals surface area contributed by atoms with Gasteiger partial charge in [0, 0.05) is 0 Å². The molecule has 1 aliphatic rings. The van der Waals surface area contributed by atoms with Crippen molar-refractivity contribution < 1.29 is 12.8 Å². The Bertz CT molecular complexity index is 502. The fourth-order valence-electron chi connectivity index (χ4n) is 1.30. The summed E-state index contributed by atoms with van der Waals surface area (Å²) in [6.45, 7) is 1.67. The highest BCUT2D eigenvalue weighted by Crippen LogP contribution is 2.46. The monoisotopic (exact) mass is 211 g/mol. The normalized spacial score (nSPS) is 18.9. The Morgan fingerprint density at radius 2 is 2.14 bits per heavy atom. The summed E-state index contributed by atoms with van der Waals surface area (Å²) in [5.41, 5.74) is 0. The lowest BCUT2D eigenvalue weighted by molar-refractivity contribution is 0.426. The predicted octanol–water partition coefficient (Wildman–Crippen LogP) is 1.42. The van der Waals surface area contributed by atoms with Gasteiger partial charge in [0.2, 0.25) is 14.9 Å². The first-order valence-corrected chi connectivity index (χ1v) is 5.72. The summed E-state index contributed by atoms with van der Waals surface area (Å²) in [6.07, 6.45) is 0.817. The number of furan rings is 1. The van der Waals surface area contributed by atoms with Crippen LogP contribution in [-0.2, 0) is 9.84 Å². The van der Waals surface area contributed by atoms with E-state index in [1.807, 2.05) is 6.07 Å². The Morgan fingerprint density at radius 3 is 2.50 bits per heavy atom. The Balaban J connectivity index is 2.50. The maximum absolute atomic E-state index is 11.8. The summed E-state index contributed by atoms with van der Waals surface area (Å²) in [7, 11) is -3.58. The Hall–Kier alpha value is -1.28. The van der Waals surface area contributed by atoms with E-state index in [9.17, 15) is 8.42 Å². The van der Waals surface area contributed by atoms with Gasteiger partial charge >= 0.3 is 0 Å². The van der Waals surface area contributed by atoms with Crippen molar-refractivity contribution >= 4 is 9.84 Å². The van der Waals surface area contributed by atoms with Gasteiger partial charge in [0.25, 0.3) is 0 Å². The van der Waals surface area contributed by atoms with Gasteiger partial charge in [-0.15, -0.1) is 0 Å². The minimum Gasteiger partial charge on any atom is -0.450 e. The Kier molecular flexibility index (Phi) is 1.73. The summed E-state index contributed by atoms with van der Waals surface area (Å²) in [6, 6.07) is 4.84. The molecule has 1 aromatic heterocycles. The standard InChI is InChI=1S/C9H9NO3S/c1-7-2-3-8(13-7)14(11,12)9(6-10)4-5-9/h2-3H,4-5H2,1H3. The van der Waals surface area contributed by atoms with Crippen molar-refractivity contribution in [3.63, 3.8) is 0 Å². The smallest absolute Gasteiger partial charge is 0.230 e. The quantitative estimate of drug-likeness (QED) is 0.741. The fraction of sp³-hybridized carbons (Fsp3) is 0.444. The van der Waals surface area contributed by atoms with Crippen molar-refractivity contribution in [1.82, 2.24) is 0 Å². The second-order valence-corrected chi connectivity index (χ2v) is 5.67. The molecular formula is C9H9NO3S. The van der Waals surface area contributed by atoms with E-state index in [-0.39, 0.29) is 5.09 Å². The maximum atomic E-state index is 11.8. The van der Waals surface area contributed by atoms with Crippen LogP contribution in [0.15, 0.2) is 21.6 Å². The third-order valence-electron chi connectivity index (χ3n) is 2.40. The average Bonchev–Trinajstić information content (AvgIpc) is 2.84. The SMILES string of the molecule is Cc1ccc(S(=O)(=O)C2(C#N)CC2)o1. The second-order valence-electron chi connectivity index (χ2n) is 3.47. The van der Waals surface area contributed by atoms with Gasteiger partial charge in [-0.2, -0.15) is 5.26 Å². The number of nitriles is 1. The minimum absolute atomic E-state index is 0.0888. The number of rotatable bonds is 2. The van der Waals surface area contributed by atoms with E-state index in [1.165, 1.54) is 6.07 Å². The van der Waals surface area contributed by atoms with Crippen LogP contribution in [0.2, 0.25) is 0 Å². The van der Waals surface area contributed by atoms with Crippen molar-refractivity contribution in [3.05, 3.63) is 17.9 Å². The van der Waals surface area contributed by atoms with E-state index in [0.717, 1.165) is 0 Å². The van der Waals surface area contributed by atoms with Crippen LogP contribution < -0.4 is 0 Å². The Morgan fingerprint density at radius 1 is 1.50 bits per heavy atom. The topological polar surface area (TPSA) is 71.1 Å². The van der Waals surface area contributed by atoms with E-state index in [2.05, 4.69) is 0 Å². The lowest BCUT2D eigenvalue weighted by Crippen LogP contribution is -2.20. The van der Waals surface area contributed by atoms with Gasteiger partial charge in [-0.05, 0) is 31.9 Å². The summed E-state index contributed by atoms with van der Waals surface area (Å²) in [4.78, 5) is 0. The highest BCUT2D eigenvalue weighted by Gasteiger charge is 2.57. The molecule has 0 aromatic carbocycles. The molecule has 0 radical (unpaired) electrons. The molecule has 1 fully saturated rings. The zero-order chi connectivity index (χ0) is 10.4. The van der Waals surface area contributed by atoms with Crippen LogP contribution in [0.4, 0.5) is 0 Å². The molecule has 1 aliphatic carbocycles. The van der Waals surface area contributed by atoms with E-state index >= 15 is 0 Å². The predicted molar refractivity (Wildman–Crippen MR) is 48.2 cm³/mol. The second kappa shape index (κ2) is 2.61. The van der Waals surface area contributed by atoms with Crippen molar-refractivity contribution in [2.24, 2.45) is 0 Å². The molecule has 1 heterocycles. The highest BCUT2D eigenvalue weighted by molar-refractivity contribution is 7.93. The number of hydrogen-bond donors (Lipinski definition) is 0. The molecule has 0 spiro atoms. The van der Waals surface area contributed by atoms with Crippen LogP contribution in [0, 0.1) is 18.3 Å². The lowest BCUT2D eigenvalue weighted by atomic mass is 10.5. The molecule has 1 aromatic rings. The van der Waals surface area contributed by atoms with E-state index in [0.29, 0.717) is 18.6 Å². The van der Waals surface area contributed by atoms with Crippen molar-refractivity contribution in [2.75, 3.05) is 0 Å². The van der Waals surface area contributed by atoms with Crippen molar-refractivity contribution in [2.45, 2.75) is 29.6 Å². The van der Waals surface area contributed by atoms with Crippen LogP contribution >= 0.6 is 0 Å². The Labute approximate surface area is 82.1 Å². The molecule has 0 bridgehead atoms. The van der Waals surface area contributed by atoms with Crippen molar-refractivity contribution in [1.29, 1.82) is 5.26 Å². The van der Waals surface area contributed by atoms with Gasteiger partial charge in [0.05, 0.1) is 6.07 Å². The molecular weight excluding hydrogens is 202 g/mol. The van der Waals surface area contributed by atoms with Gasteiger partial charge in [-0.1, -0.05) is 0 Å². The first-order chi connectivity index (χ1) is 6.52. The number of nitrogens with zero attached hydrogens (tertiary/aromatic N) is 1. The van der Waals surface area contributed by atoms with Crippen LogP contribution in [-0.4, -0.2) is 13.2 Å². The number of aryl methyl sites for hydroxylation is 1. The molecule has 2 rings (SSSR count). The molecule has 0 unspecified atom stereocenters. The zero-order valence-corrected chi connectivity index (χ0v) is 8.47. The van der Waals surface area contributed by atoms with Gasteiger partial charge in [0.1, 0.15) is 5.76 Å². The van der Waals surface area contributed by atoms with Crippen LogP contribution in [0.3, 0.4) is 0 Å². The van der Waals surface area contributed by atoms with Gasteiger partial charge in [-0.25, -0.2) is 8.42 Å². The maximum Gasteiger partial charge on any atom is 0.230 e. The van der Waals surface area contributed by atoms with E-state index in [4.69, 9.17) is 9.68 Å². The molecule has 0 aliphatic heterocycles. The van der Waals surface area contributed by atoms with E-state index in [1.54, 1.807) is 13.0 Å². The summed E-state index contributed by atoms with van der Waals surface area (Å²) in [5.74, 6) is 0.539. The molecule has 0 amide bonds.